The van der Waals surface area contributed by atoms with Crippen LogP contribution in [0.4, 0.5) is 0 Å². The summed E-state index contributed by atoms with van der Waals surface area (Å²) >= 11 is 1.89. The first-order valence-corrected chi connectivity index (χ1v) is 6.76. The minimum Gasteiger partial charge on any atom is -0.394 e. The number of rotatable bonds is 2. The maximum absolute atomic E-state index is 11.8. The van der Waals surface area contributed by atoms with Gasteiger partial charge in [-0.3, -0.25) is 9.69 Å². The molecule has 0 aromatic carbocycles. The van der Waals surface area contributed by atoms with E-state index in [0.717, 1.165) is 0 Å². The number of alkyl halides is 1. The van der Waals surface area contributed by atoms with Gasteiger partial charge in [-0.25, -0.2) is 9.98 Å². The number of amides is 1. The third-order valence-corrected chi connectivity index (χ3v) is 4.46. The molecule has 102 valence electrons. The molecule has 0 radical (unpaired) electrons. The first kappa shape index (κ1) is 13.1. The Bertz CT molecular complexity index is 508. The number of carbonyl (C=O) groups is 1. The van der Waals surface area contributed by atoms with Gasteiger partial charge in [0.15, 0.2) is 5.84 Å². The lowest BCUT2D eigenvalue weighted by Crippen LogP contribution is -2.47. The zero-order valence-corrected chi connectivity index (χ0v) is 11.8. The van der Waals surface area contributed by atoms with Gasteiger partial charge in [0.2, 0.25) is 3.55 Å². The molecule has 0 bridgehead atoms. The minimum atomic E-state index is -1.14. The van der Waals surface area contributed by atoms with E-state index in [0.29, 0.717) is 12.3 Å². The number of hydrogen-bond acceptors (Lipinski definition) is 7. The molecule has 2 N–H and O–H groups in total. The maximum Gasteiger partial charge on any atom is 0.293 e. The fraction of sp³-hybridized carbons (Fsp3) is 0.600. The van der Waals surface area contributed by atoms with Gasteiger partial charge in [0, 0.05) is 6.42 Å². The fourth-order valence-electron chi connectivity index (χ4n) is 2.21. The SMILES string of the molecule is O=C1N=CN=C2N([C@H]3C[C@H](O)[C@@H](CO)O3)C=NC12I. The van der Waals surface area contributed by atoms with E-state index in [1.807, 2.05) is 22.6 Å². The molecule has 1 saturated heterocycles. The Morgan fingerprint density at radius 2 is 2.42 bits per heavy atom. The number of nitrogens with zero attached hydrogens (tertiary/aromatic N) is 4. The quantitative estimate of drug-likeness (QED) is 0.360. The van der Waals surface area contributed by atoms with E-state index in [1.165, 1.54) is 12.7 Å². The first-order valence-electron chi connectivity index (χ1n) is 5.68. The van der Waals surface area contributed by atoms with Crippen LogP contribution in [0.3, 0.4) is 0 Å². The number of fused-ring (bicyclic) bond motifs is 1. The molecule has 0 spiro atoms. The molecular formula is C10H11IN4O4. The summed E-state index contributed by atoms with van der Waals surface area (Å²) in [5.41, 5.74) is 0. The van der Waals surface area contributed by atoms with Crippen LogP contribution in [-0.2, 0) is 9.53 Å². The van der Waals surface area contributed by atoms with E-state index in [-0.39, 0.29) is 6.61 Å². The molecule has 8 nitrogen and oxygen atoms in total. The molecule has 0 aliphatic carbocycles. The number of hydrogen-bond donors (Lipinski definition) is 2. The van der Waals surface area contributed by atoms with Gasteiger partial charge in [0.1, 0.15) is 18.7 Å². The van der Waals surface area contributed by atoms with Crippen molar-refractivity contribution in [1.82, 2.24) is 4.90 Å². The summed E-state index contributed by atoms with van der Waals surface area (Å²) in [7, 11) is 0. The summed E-state index contributed by atoms with van der Waals surface area (Å²) in [5, 5.41) is 18.8. The van der Waals surface area contributed by atoms with Crippen molar-refractivity contribution in [3.63, 3.8) is 0 Å². The maximum atomic E-state index is 11.8. The summed E-state index contributed by atoms with van der Waals surface area (Å²) < 4.78 is 4.39. The third-order valence-electron chi connectivity index (χ3n) is 3.23. The molecule has 19 heavy (non-hydrogen) atoms. The van der Waals surface area contributed by atoms with Crippen molar-refractivity contribution in [2.24, 2.45) is 15.0 Å². The van der Waals surface area contributed by atoms with E-state index in [2.05, 4.69) is 15.0 Å². The lowest BCUT2D eigenvalue weighted by molar-refractivity contribution is -0.118. The Kier molecular flexibility index (Phi) is 3.15. The first-order chi connectivity index (χ1) is 9.06. The van der Waals surface area contributed by atoms with Crippen LogP contribution >= 0.6 is 22.6 Å². The van der Waals surface area contributed by atoms with Gasteiger partial charge in [0.25, 0.3) is 5.91 Å². The zero-order chi connectivity index (χ0) is 13.6. The second-order valence-corrected chi connectivity index (χ2v) is 5.95. The summed E-state index contributed by atoms with van der Waals surface area (Å²) in [6.45, 7) is -0.259. The summed E-state index contributed by atoms with van der Waals surface area (Å²) in [6.07, 6.45) is 1.09. The Morgan fingerprint density at radius 3 is 3.11 bits per heavy atom. The smallest absolute Gasteiger partial charge is 0.293 e. The van der Waals surface area contributed by atoms with E-state index in [9.17, 15) is 9.90 Å². The average Bonchev–Trinajstić information content (AvgIpc) is 2.92. The molecular weight excluding hydrogens is 367 g/mol. The number of aliphatic imine (C=N–C) groups is 3. The predicted octanol–water partition coefficient (Wildman–Crippen LogP) is -1.10. The van der Waals surface area contributed by atoms with Crippen molar-refractivity contribution in [3.05, 3.63) is 0 Å². The summed E-state index contributed by atoms with van der Waals surface area (Å²) in [6, 6.07) is 0. The lowest BCUT2D eigenvalue weighted by atomic mass is 10.2. The minimum absolute atomic E-state index is 0.259. The van der Waals surface area contributed by atoms with Gasteiger partial charge in [-0.2, -0.15) is 4.99 Å². The van der Waals surface area contributed by atoms with Gasteiger partial charge in [-0.1, -0.05) is 0 Å². The highest BCUT2D eigenvalue weighted by Crippen LogP contribution is 2.35. The topological polar surface area (TPSA) is 107 Å². The molecule has 0 aromatic heterocycles. The number of halogens is 1. The number of ether oxygens (including phenoxy) is 1. The van der Waals surface area contributed by atoms with Crippen molar-refractivity contribution in [3.8, 4) is 0 Å². The van der Waals surface area contributed by atoms with E-state index >= 15 is 0 Å². The van der Waals surface area contributed by atoms with Crippen molar-refractivity contribution in [1.29, 1.82) is 0 Å². The van der Waals surface area contributed by atoms with E-state index in [1.54, 1.807) is 4.90 Å². The van der Waals surface area contributed by atoms with E-state index < -0.39 is 27.9 Å². The van der Waals surface area contributed by atoms with Crippen LogP contribution in [0.1, 0.15) is 6.42 Å². The molecule has 4 atom stereocenters. The van der Waals surface area contributed by atoms with E-state index in [4.69, 9.17) is 9.84 Å². The molecule has 9 heteroatoms. The van der Waals surface area contributed by atoms with Crippen LogP contribution in [0.25, 0.3) is 0 Å². The second-order valence-electron chi connectivity index (χ2n) is 4.39. The second kappa shape index (κ2) is 4.58. The van der Waals surface area contributed by atoms with Gasteiger partial charge in [-0.15, -0.1) is 0 Å². The fourth-order valence-corrected chi connectivity index (χ4v) is 2.89. The molecule has 3 aliphatic heterocycles. The highest BCUT2D eigenvalue weighted by Gasteiger charge is 2.51. The molecule has 1 amide bonds. The Hall–Kier alpha value is -0.910. The number of aliphatic hydroxyl groups excluding tert-OH is 2. The van der Waals surface area contributed by atoms with Crippen LogP contribution < -0.4 is 0 Å². The standard InChI is InChI=1S/C10H11IN4O4/c11-10-8(12-3-13-9(10)18)15(4-14-10)7-1-5(17)6(2-16)19-7/h3-7,16-17H,1-2H2/t5-,6+,7+,10?/m0/s1. The zero-order valence-electron chi connectivity index (χ0n) is 9.68. The van der Waals surface area contributed by atoms with Crippen LogP contribution in [0, 0.1) is 0 Å². The van der Waals surface area contributed by atoms with Gasteiger partial charge >= 0.3 is 0 Å². The highest BCUT2D eigenvalue weighted by atomic mass is 127. The third kappa shape index (κ3) is 1.91. The summed E-state index contributed by atoms with van der Waals surface area (Å²) in [4.78, 5) is 25.2. The Balaban J connectivity index is 1.85. The molecule has 3 heterocycles. The number of amidine groups is 1. The summed E-state index contributed by atoms with van der Waals surface area (Å²) in [5.74, 6) is 0.0259. The van der Waals surface area contributed by atoms with Crippen molar-refractivity contribution >= 4 is 47.0 Å². The lowest BCUT2D eigenvalue weighted by Gasteiger charge is -2.27. The molecule has 0 aromatic rings. The van der Waals surface area contributed by atoms with Crippen molar-refractivity contribution in [2.75, 3.05) is 6.61 Å². The Morgan fingerprint density at radius 1 is 1.63 bits per heavy atom. The molecule has 0 saturated carbocycles. The van der Waals surface area contributed by atoms with Gasteiger partial charge in [-0.05, 0) is 22.6 Å². The van der Waals surface area contributed by atoms with Gasteiger partial charge < -0.3 is 14.9 Å². The number of aliphatic hydroxyl groups is 2. The molecule has 3 rings (SSSR count). The van der Waals surface area contributed by atoms with Crippen LogP contribution in [0.5, 0.6) is 0 Å². The molecule has 3 aliphatic rings. The van der Waals surface area contributed by atoms with Crippen LogP contribution in [0.2, 0.25) is 0 Å². The largest absolute Gasteiger partial charge is 0.394 e. The monoisotopic (exact) mass is 378 g/mol. The normalized spacial score (nSPS) is 40.8. The predicted molar refractivity (Wildman–Crippen MR) is 74.4 cm³/mol. The van der Waals surface area contributed by atoms with Crippen molar-refractivity contribution in [2.45, 2.75) is 28.4 Å². The molecule has 1 fully saturated rings. The van der Waals surface area contributed by atoms with Gasteiger partial charge in [0.05, 0.1) is 19.0 Å². The number of carbonyl (C=O) groups excluding carboxylic acids is 1. The van der Waals surface area contributed by atoms with Crippen LogP contribution in [0.15, 0.2) is 15.0 Å². The average molecular weight is 378 g/mol. The highest BCUT2D eigenvalue weighted by molar-refractivity contribution is 14.1. The van der Waals surface area contributed by atoms with Crippen molar-refractivity contribution < 1.29 is 19.7 Å². The van der Waals surface area contributed by atoms with Crippen LogP contribution in [-0.4, -0.2) is 68.1 Å². The Labute approximate surface area is 122 Å². The molecule has 1 unspecified atom stereocenters.